The van der Waals surface area contributed by atoms with Crippen molar-refractivity contribution in [2.45, 2.75) is 0 Å². The highest BCUT2D eigenvalue weighted by molar-refractivity contribution is 7.21. The maximum Gasteiger partial charge on any atom is 0.143 e. The van der Waals surface area contributed by atoms with Crippen molar-refractivity contribution in [2.75, 3.05) is 0 Å². The lowest BCUT2D eigenvalue weighted by atomic mass is 10.2. The van der Waals surface area contributed by atoms with Crippen LogP contribution in [0.3, 0.4) is 0 Å². The van der Waals surface area contributed by atoms with Gasteiger partial charge in [0.1, 0.15) is 5.82 Å². The van der Waals surface area contributed by atoms with Crippen molar-refractivity contribution < 1.29 is 4.39 Å². The van der Waals surface area contributed by atoms with Gasteiger partial charge in [-0.3, -0.25) is 0 Å². The van der Waals surface area contributed by atoms with Crippen LogP contribution in [-0.2, 0) is 0 Å². The van der Waals surface area contributed by atoms with E-state index < -0.39 is 0 Å². The Kier molecular flexibility index (Phi) is 2.63. The smallest absolute Gasteiger partial charge is 0.143 e. The van der Waals surface area contributed by atoms with Crippen LogP contribution in [0.5, 0.6) is 0 Å². The molecule has 4 heteroatoms. The van der Waals surface area contributed by atoms with E-state index in [-0.39, 0.29) is 5.82 Å². The molecule has 0 aliphatic heterocycles. The molecule has 0 radical (unpaired) electrons. The van der Waals surface area contributed by atoms with Gasteiger partial charge < -0.3 is 0 Å². The Labute approximate surface area is 105 Å². The third-order valence-electron chi connectivity index (χ3n) is 2.26. The van der Waals surface area contributed by atoms with Gasteiger partial charge in [-0.25, -0.2) is 4.39 Å². The summed E-state index contributed by atoms with van der Waals surface area (Å²) in [4.78, 5) is 3.18. The molecule has 80 valence electrons. The van der Waals surface area contributed by atoms with Gasteiger partial charge in [-0.1, -0.05) is 12.1 Å². The van der Waals surface area contributed by atoms with Crippen LogP contribution in [0.25, 0.3) is 20.2 Å². The molecule has 0 aliphatic carbocycles. The van der Waals surface area contributed by atoms with E-state index >= 15 is 0 Å². The van der Waals surface area contributed by atoms with Crippen molar-refractivity contribution in [1.29, 1.82) is 0 Å². The van der Waals surface area contributed by atoms with E-state index in [2.05, 4.69) is 0 Å². The average molecular weight is 266 g/mol. The third kappa shape index (κ3) is 1.63. The summed E-state index contributed by atoms with van der Waals surface area (Å²) in [7, 11) is 0. The second-order valence-electron chi connectivity index (χ2n) is 3.24. The molecule has 16 heavy (non-hydrogen) atoms. The molecule has 0 amide bonds. The van der Waals surface area contributed by atoms with Crippen LogP contribution in [0.15, 0.2) is 40.4 Å². The summed E-state index contributed by atoms with van der Waals surface area (Å²) in [6.07, 6.45) is 0. The van der Waals surface area contributed by atoms with E-state index in [4.69, 9.17) is 0 Å². The quantitative estimate of drug-likeness (QED) is 0.587. The van der Waals surface area contributed by atoms with Gasteiger partial charge in [-0.15, -0.1) is 34.0 Å². The second-order valence-corrected chi connectivity index (χ2v) is 6.02. The molecule has 0 N–H and O–H groups in total. The molecule has 0 nitrogen and oxygen atoms in total. The van der Waals surface area contributed by atoms with Crippen LogP contribution in [0.4, 0.5) is 4.39 Å². The van der Waals surface area contributed by atoms with E-state index in [0.717, 1.165) is 20.2 Å². The fourth-order valence-electron chi connectivity index (χ4n) is 1.58. The van der Waals surface area contributed by atoms with Crippen molar-refractivity contribution in [1.82, 2.24) is 0 Å². The molecule has 0 bridgehead atoms. The Bertz CT molecular complexity index is 576. The fraction of sp³-hybridized carbons (Fsp3) is 0. The lowest BCUT2D eigenvalue weighted by molar-refractivity contribution is 0.637. The standard InChI is InChI=1S/C12H7FS3/c13-8-7-16-12(10-4-2-6-15-10)11(8)9-3-1-5-14-9/h1-7H. The molecule has 0 fully saturated rings. The molecule has 3 heterocycles. The Morgan fingerprint density at radius 1 is 0.875 bits per heavy atom. The summed E-state index contributed by atoms with van der Waals surface area (Å²) >= 11 is 4.70. The van der Waals surface area contributed by atoms with E-state index in [1.165, 1.54) is 11.3 Å². The van der Waals surface area contributed by atoms with E-state index in [1.54, 1.807) is 28.1 Å². The van der Waals surface area contributed by atoms with Gasteiger partial charge in [-0.2, -0.15) is 0 Å². The summed E-state index contributed by atoms with van der Waals surface area (Å²) in [6.45, 7) is 0. The molecule has 0 atom stereocenters. The van der Waals surface area contributed by atoms with Crippen LogP contribution >= 0.6 is 34.0 Å². The Morgan fingerprint density at radius 2 is 1.56 bits per heavy atom. The molecule has 0 aromatic carbocycles. The van der Waals surface area contributed by atoms with Gasteiger partial charge in [0, 0.05) is 20.7 Å². The van der Waals surface area contributed by atoms with Crippen LogP contribution < -0.4 is 0 Å². The highest BCUT2D eigenvalue weighted by Gasteiger charge is 2.16. The zero-order chi connectivity index (χ0) is 11.0. The number of thiophene rings is 3. The lowest BCUT2D eigenvalue weighted by Crippen LogP contribution is -1.76. The predicted octanol–water partition coefficient (Wildman–Crippen LogP) is 5.34. The first kappa shape index (κ1) is 10.2. The van der Waals surface area contributed by atoms with Gasteiger partial charge in [0.2, 0.25) is 0 Å². The van der Waals surface area contributed by atoms with E-state index in [1.807, 2.05) is 35.0 Å². The topological polar surface area (TPSA) is 0 Å². The first-order chi connectivity index (χ1) is 7.86. The van der Waals surface area contributed by atoms with Crippen LogP contribution in [0.2, 0.25) is 0 Å². The SMILES string of the molecule is Fc1csc(-c2cccs2)c1-c1cccs1. The van der Waals surface area contributed by atoms with Gasteiger partial charge in [0.15, 0.2) is 0 Å². The molecule has 0 saturated heterocycles. The summed E-state index contributed by atoms with van der Waals surface area (Å²) in [5.41, 5.74) is 0.752. The minimum Gasteiger partial charge on any atom is -0.205 e. The average Bonchev–Trinajstić information content (AvgIpc) is 2.96. The Balaban J connectivity index is 2.21. The summed E-state index contributed by atoms with van der Waals surface area (Å²) in [5.74, 6) is -0.115. The molecular weight excluding hydrogens is 259 g/mol. The van der Waals surface area contributed by atoms with Gasteiger partial charge in [-0.05, 0) is 22.9 Å². The molecule has 3 rings (SSSR count). The minimum atomic E-state index is -0.115. The van der Waals surface area contributed by atoms with E-state index in [0.29, 0.717) is 0 Å². The van der Waals surface area contributed by atoms with Crippen molar-refractivity contribution in [2.24, 2.45) is 0 Å². The summed E-state index contributed by atoms with van der Waals surface area (Å²) in [5, 5.41) is 5.58. The van der Waals surface area contributed by atoms with Gasteiger partial charge in [0.25, 0.3) is 0 Å². The van der Waals surface area contributed by atoms with Gasteiger partial charge in [0.05, 0.1) is 4.88 Å². The first-order valence-electron chi connectivity index (χ1n) is 4.71. The number of hydrogen-bond donors (Lipinski definition) is 0. The van der Waals surface area contributed by atoms with Gasteiger partial charge >= 0.3 is 0 Å². The summed E-state index contributed by atoms with van der Waals surface area (Å²) < 4.78 is 13.8. The fourth-order valence-corrected chi connectivity index (χ4v) is 4.23. The molecular formula is C12H7FS3. The molecule has 3 aromatic rings. The zero-order valence-electron chi connectivity index (χ0n) is 8.14. The Morgan fingerprint density at radius 3 is 2.19 bits per heavy atom. The van der Waals surface area contributed by atoms with Crippen molar-refractivity contribution in [3.63, 3.8) is 0 Å². The second kappa shape index (κ2) is 4.13. The van der Waals surface area contributed by atoms with Crippen molar-refractivity contribution >= 4 is 34.0 Å². The van der Waals surface area contributed by atoms with E-state index in [9.17, 15) is 4.39 Å². The van der Waals surface area contributed by atoms with Crippen molar-refractivity contribution in [3.05, 3.63) is 46.2 Å². The Hall–Kier alpha value is -0.970. The predicted molar refractivity (Wildman–Crippen MR) is 70.9 cm³/mol. The molecule has 0 spiro atoms. The lowest BCUT2D eigenvalue weighted by Gasteiger charge is -1.98. The highest BCUT2D eigenvalue weighted by Crippen LogP contribution is 2.42. The van der Waals surface area contributed by atoms with Crippen LogP contribution in [0, 0.1) is 5.82 Å². The maximum absolute atomic E-state index is 13.8. The number of halogens is 1. The monoisotopic (exact) mass is 266 g/mol. The molecule has 0 saturated carbocycles. The van der Waals surface area contributed by atoms with Crippen molar-refractivity contribution in [3.8, 4) is 20.2 Å². The summed E-state index contributed by atoms with van der Waals surface area (Å²) in [6, 6.07) is 7.95. The first-order valence-corrected chi connectivity index (χ1v) is 7.35. The van der Waals surface area contributed by atoms with Crippen LogP contribution in [0.1, 0.15) is 0 Å². The molecule has 0 aliphatic rings. The number of rotatable bonds is 2. The van der Waals surface area contributed by atoms with Crippen LogP contribution in [-0.4, -0.2) is 0 Å². The zero-order valence-corrected chi connectivity index (χ0v) is 10.6. The molecule has 3 aromatic heterocycles. The maximum atomic E-state index is 13.8. The highest BCUT2D eigenvalue weighted by atomic mass is 32.1. The molecule has 0 unspecified atom stereocenters. The largest absolute Gasteiger partial charge is 0.205 e. The minimum absolute atomic E-state index is 0.115. The normalized spacial score (nSPS) is 10.8. The third-order valence-corrected chi connectivity index (χ3v) is 5.15. The number of hydrogen-bond acceptors (Lipinski definition) is 3.